The zero-order valence-corrected chi connectivity index (χ0v) is 11.8. The van der Waals surface area contributed by atoms with Gasteiger partial charge in [0.2, 0.25) is 0 Å². The van der Waals surface area contributed by atoms with Gasteiger partial charge in [-0.25, -0.2) is 0 Å². The van der Waals surface area contributed by atoms with Crippen molar-refractivity contribution in [3.8, 4) is 12.3 Å². The smallest absolute Gasteiger partial charge is 0.0328 e. The zero-order chi connectivity index (χ0) is 12.3. The molecule has 90 valence electrons. The van der Waals surface area contributed by atoms with Crippen LogP contribution in [-0.4, -0.2) is 6.04 Å². The van der Waals surface area contributed by atoms with Crippen LogP contribution >= 0.6 is 15.9 Å². The van der Waals surface area contributed by atoms with Crippen molar-refractivity contribution in [3.63, 3.8) is 0 Å². The van der Waals surface area contributed by atoms with Crippen LogP contribution in [0.1, 0.15) is 43.4 Å². The highest BCUT2D eigenvalue weighted by Crippen LogP contribution is 2.33. The molecular weight excluding hydrogens is 274 g/mol. The summed E-state index contributed by atoms with van der Waals surface area (Å²) >= 11 is 3.53. The van der Waals surface area contributed by atoms with Crippen molar-refractivity contribution < 1.29 is 0 Å². The highest BCUT2D eigenvalue weighted by molar-refractivity contribution is 9.10. The second-order valence-corrected chi connectivity index (χ2v) is 5.53. The molecule has 0 fully saturated rings. The number of terminal acetylenes is 1. The van der Waals surface area contributed by atoms with E-state index in [4.69, 9.17) is 6.42 Å². The van der Waals surface area contributed by atoms with Gasteiger partial charge in [-0.3, -0.25) is 0 Å². The predicted molar refractivity (Wildman–Crippen MR) is 75.9 cm³/mol. The molecule has 0 bridgehead atoms. The van der Waals surface area contributed by atoms with Gasteiger partial charge in [-0.05, 0) is 42.5 Å². The lowest BCUT2D eigenvalue weighted by molar-refractivity contribution is 0.427. The molecule has 2 unspecified atom stereocenters. The molecule has 0 heterocycles. The molecule has 0 radical (unpaired) electrons. The maximum Gasteiger partial charge on any atom is 0.0328 e. The molecule has 0 saturated heterocycles. The first-order valence-electron chi connectivity index (χ1n) is 6.22. The van der Waals surface area contributed by atoms with E-state index in [0.717, 1.165) is 12.8 Å². The van der Waals surface area contributed by atoms with Crippen LogP contribution < -0.4 is 5.32 Å². The maximum atomic E-state index is 5.40. The monoisotopic (exact) mass is 291 g/mol. The largest absolute Gasteiger partial charge is 0.306 e. The van der Waals surface area contributed by atoms with Crippen LogP contribution in [0.4, 0.5) is 0 Å². The fourth-order valence-electron chi connectivity index (χ4n) is 2.51. The average molecular weight is 292 g/mol. The Labute approximate surface area is 112 Å². The zero-order valence-electron chi connectivity index (χ0n) is 10.2. The number of hydrogen-bond donors (Lipinski definition) is 1. The summed E-state index contributed by atoms with van der Waals surface area (Å²) in [4.78, 5) is 0. The first kappa shape index (κ1) is 12.7. The Bertz CT molecular complexity index is 433. The van der Waals surface area contributed by atoms with Crippen LogP contribution in [0, 0.1) is 12.3 Å². The summed E-state index contributed by atoms with van der Waals surface area (Å²) in [7, 11) is 0. The molecule has 17 heavy (non-hydrogen) atoms. The number of halogens is 1. The van der Waals surface area contributed by atoms with Gasteiger partial charge in [0.1, 0.15) is 0 Å². The van der Waals surface area contributed by atoms with Gasteiger partial charge in [-0.1, -0.05) is 28.9 Å². The van der Waals surface area contributed by atoms with Gasteiger partial charge in [0, 0.05) is 23.0 Å². The summed E-state index contributed by atoms with van der Waals surface area (Å²) in [6, 6.07) is 7.52. The summed E-state index contributed by atoms with van der Waals surface area (Å²) in [5.74, 6) is 2.76. The van der Waals surface area contributed by atoms with E-state index in [1.54, 1.807) is 0 Å². The molecule has 2 rings (SSSR count). The van der Waals surface area contributed by atoms with E-state index in [0.29, 0.717) is 12.1 Å². The van der Waals surface area contributed by atoms with Crippen LogP contribution in [0.5, 0.6) is 0 Å². The fraction of sp³-hybridized carbons (Fsp3) is 0.467. The van der Waals surface area contributed by atoms with Crippen LogP contribution in [0.15, 0.2) is 22.7 Å². The Hall–Kier alpha value is -0.780. The quantitative estimate of drug-likeness (QED) is 0.832. The van der Waals surface area contributed by atoms with E-state index in [1.807, 2.05) is 0 Å². The molecular formula is C15H18BrN. The molecule has 2 atom stereocenters. The van der Waals surface area contributed by atoms with Crippen molar-refractivity contribution in [1.82, 2.24) is 5.32 Å². The van der Waals surface area contributed by atoms with E-state index in [9.17, 15) is 0 Å². The van der Waals surface area contributed by atoms with Crippen LogP contribution in [0.2, 0.25) is 0 Å². The number of nitrogens with one attached hydrogen (secondary N) is 1. The number of rotatable bonds is 4. The second-order valence-electron chi connectivity index (χ2n) is 4.61. The first-order chi connectivity index (χ1) is 8.24. The number of benzene rings is 1. The Morgan fingerprint density at radius 3 is 3.12 bits per heavy atom. The molecule has 1 aromatic rings. The van der Waals surface area contributed by atoms with Crippen molar-refractivity contribution >= 4 is 15.9 Å². The van der Waals surface area contributed by atoms with E-state index in [-0.39, 0.29) is 0 Å². The van der Waals surface area contributed by atoms with E-state index >= 15 is 0 Å². The predicted octanol–water partition coefficient (Wildman–Crippen LogP) is 3.83. The van der Waals surface area contributed by atoms with E-state index < -0.39 is 0 Å². The van der Waals surface area contributed by atoms with Gasteiger partial charge >= 0.3 is 0 Å². The van der Waals surface area contributed by atoms with Gasteiger partial charge in [-0.15, -0.1) is 12.3 Å². The Morgan fingerprint density at radius 2 is 2.41 bits per heavy atom. The lowest BCUT2D eigenvalue weighted by Crippen LogP contribution is -2.31. The molecule has 0 saturated carbocycles. The van der Waals surface area contributed by atoms with E-state index in [2.05, 4.69) is 52.3 Å². The number of aryl methyl sites for hydroxylation is 1. The molecule has 1 aliphatic carbocycles. The van der Waals surface area contributed by atoms with Crippen LogP contribution in [0.3, 0.4) is 0 Å². The lowest BCUT2D eigenvalue weighted by Gasteiger charge is -2.21. The van der Waals surface area contributed by atoms with Gasteiger partial charge in [-0.2, -0.15) is 0 Å². The fourth-order valence-corrected chi connectivity index (χ4v) is 2.92. The topological polar surface area (TPSA) is 12.0 Å². The number of hydrogen-bond acceptors (Lipinski definition) is 1. The van der Waals surface area contributed by atoms with Crippen molar-refractivity contribution in [3.05, 3.63) is 33.8 Å². The summed E-state index contributed by atoms with van der Waals surface area (Å²) in [5, 5.41) is 3.68. The summed E-state index contributed by atoms with van der Waals surface area (Å²) in [6.07, 6.45) is 9.66. The van der Waals surface area contributed by atoms with Gasteiger partial charge in [0.15, 0.2) is 0 Å². The standard InChI is InChI=1S/C15H18BrN/c1-3-5-13(4-2)17-15-9-6-11-10-12(16)7-8-14(11)15/h1,7-8,10,13,15,17H,4-6,9H2,2H3. The molecule has 0 aromatic heterocycles. The molecule has 0 aliphatic heterocycles. The van der Waals surface area contributed by atoms with Crippen molar-refractivity contribution in [1.29, 1.82) is 0 Å². The first-order valence-corrected chi connectivity index (χ1v) is 7.01. The minimum Gasteiger partial charge on any atom is -0.306 e. The summed E-state index contributed by atoms with van der Waals surface area (Å²) in [5.41, 5.74) is 2.91. The highest BCUT2D eigenvalue weighted by Gasteiger charge is 2.23. The second kappa shape index (κ2) is 5.71. The van der Waals surface area contributed by atoms with Gasteiger partial charge < -0.3 is 5.32 Å². The lowest BCUT2D eigenvalue weighted by atomic mass is 10.1. The highest BCUT2D eigenvalue weighted by atomic mass is 79.9. The molecule has 2 heteroatoms. The Kier molecular flexibility index (Phi) is 4.25. The third-order valence-electron chi connectivity index (χ3n) is 3.48. The third-order valence-corrected chi connectivity index (χ3v) is 3.97. The molecule has 1 aromatic carbocycles. The van der Waals surface area contributed by atoms with Crippen LogP contribution in [-0.2, 0) is 6.42 Å². The van der Waals surface area contributed by atoms with E-state index in [1.165, 1.54) is 28.4 Å². The maximum absolute atomic E-state index is 5.40. The Balaban J connectivity index is 2.09. The summed E-state index contributed by atoms with van der Waals surface area (Å²) < 4.78 is 1.17. The third kappa shape index (κ3) is 2.91. The minimum atomic E-state index is 0.444. The number of fused-ring (bicyclic) bond motifs is 1. The minimum absolute atomic E-state index is 0.444. The van der Waals surface area contributed by atoms with Gasteiger partial charge in [0.05, 0.1) is 0 Å². The molecule has 1 aliphatic rings. The van der Waals surface area contributed by atoms with Gasteiger partial charge in [0.25, 0.3) is 0 Å². The molecule has 0 amide bonds. The average Bonchev–Trinajstić information content (AvgIpc) is 2.71. The molecule has 0 spiro atoms. The molecule has 1 N–H and O–H groups in total. The van der Waals surface area contributed by atoms with Crippen molar-refractivity contribution in [2.75, 3.05) is 0 Å². The van der Waals surface area contributed by atoms with Crippen LogP contribution in [0.25, 0.3) is 0 Å². The SMILES string of the molecule is C#CCC(CC)NC1CCc2cc(Br)ccc21. The summed E-state index contributed by atoms with van der Waals surface area (Å²) in [6.45, 7) is 2.19. The Morgan fingerprint density at radius 1 is 1.59 bits per heavy atom. The molecule has 1 nitrogen and oxygen atoms in total. The van der Waals surface area contributed by atoms with Crippen molar-refractivity contribution in [2.24, 2.45) is 0 Å². The normalized spacial score (nSPS) is 19.7. The van der Waals surface area contributed by atoms with Crippen molar-refractivity contribution in [2.45, 2.75) is 44.7 Å².